The molecule has 1 saturated heterocycles. The number of rotatable bonds is 8. The summed E-state index contributed by atoms with van der Waals surface area (Å²) in [5.74, 6) is 0.854. The number of thioether (sulfide) groups is 1. The SMILES string of the molecule is CCc1nnc(SCC(=O)N(Cc2ccccn2)C[C@@H]2CCCO2)o1. The van der Waals surface area contributed by atoms with Crippen molar-refractivity contribution in [3.63, 3.8) is 0 Å². The van der Waals surface area contributed by atoms with Gasteiger partial charge in [0.2, 0.25) is 11.8 Å². The first-order valence-electron chi connectivity index (χ1n) is 8.49. The van der Waals surface area contributed by atoms with E-state index in [0.717, 1.165) is 25.1 Å². The highest BCUT2D eigenvalue weighted by atomic mass is 32.2. The lowest BCUT2D eigenvalue weighted by molar-refractivity contribution is -0.130. The van der Waals surface area contributed by atoms with E-state index in [4.69, 9.17) is 9.15 Å². The van der Waals surface area contributed by atoms with Gasteiger partial charge in [0.25, 0.3) is 5.22 Å². The summed E-state index contributed by atoms with van der Waals surface area (Å²) in [4.78, 5) is 18.9. The number of pyridine rings is 1. The summed E-state index contributed by atoms with van der Waals surface area (Å²) in [6.45, 7) is 3.78. The molecule has 0 radical (unpaired) electrons. The largest absolute Gasteiger partial charge is 0.416 e. The predicted octanol–water partition coefficient (Wildman–Crippen LogP) is 2.33. The summed E-state index contributed by atoms with van der Waals surface area (Å²) < 4.78 is 11.1. The number of carbonyl (C=O) groups is 1. The average molecular weight is 362 g/mol. The second kappa shape index (κ2) is 8.96. The number of nitrogens with zero attached hydrogens (tertiary/aromatic N) is 4. The topological polar surface area (TPSA) is 81.4 Å². The fourth-order valence-corrected chi connectivity index (χ4v) is 3.31. The van der Waals surface area contributed by atoms with Crippen LogP contribution >= 0.6 is 11.8 Å². The molecule has 3 rings (SSSR count). The number of ether oxygens (including phenoxy) is 1. The van der Waals surface area contributed by atoms with Gasteiger partial charge in [-0.3, -0.25) is 9.78 Å². The van der Waals surface area contributed by atoms with Crippen LogP contribution in [0.4, 0.5) is 0 Å². The molecule has 1 amide bonds. The first-order valence-corrected chi connectivity index (χ1v) is 9.47. The monoisotopic (exact) mass is 362 g/mol. The average Bonchev–Trinajstić information content (AvgIpc) is 3.31. The van der Waals surface area contributed by atoms with Gasteiger partial charge in [-0.15, -0.1) is 10.2 Å². The second-order valence-corrected chi connectivity index (χ2v) is 6.76. The smallest absolute Gasteiger partial charge is 0.277 e. The molecule has 0 aliphatic carbocycles. The highest BCUT2D eigenvalue weighted by Crippen LogP contribution is 2.19. The van der Waals surface area contributed by atoms with Crippen LogP contribution in [0.3, 0.4) is 0 Å². The minimum absolute atomic E-state index is 0.0161. The summed E-state index contributed by atoms with van der Waals surface area (Å²) in [5, 5.41) is 8.29. The minimum atomic E-state index is 0.0161. The maximum atomic E-state index is 12.7. The molecule has 0 spiro atoms. The molecule has 1 fully saturated rings. The van der Waals surface area contributed by atoms with Crippen LogP contribution in [0, 0.1) is 0 Å². The van der Waals surface area contributed by atoms with Crippen LogP contribution in [-0.4, -0.2) is 51.0 Å². The summed E-state index contributed by atoms with van der Waals surface area (Å²) >= 11 is 1.27. The Kier molecular flexibility index (Phi) is 6.41. The van der Waals surface area contributed by atoms with E-state index >= 15 is 0 Å². The summed E-state index contributed by atoms with van der Waals surface area (Å²) in [6, 6.07) is 5.72. The molecule has 1 atom stereocenters. The summed E-state index contributed by atoms with van der Waals surface area (Å²) in [7, 11) is 0. The Morgan fingerprint density at radius 2 is 2.32 bits per heavy atom. The molecule has 0 unspecified atom stereocenters. The van der Waals surface area contributed by atoms with Gasteiger partial charge in [-0.25, -0.2) is 0 Å². The Hall–Kier alpha value is -1.93. The van der Waals surface area contributed by atoms with Crippen LogP contribution in [-0.2, 0) is 22.5 Å². The number of aromatic nitrogens is 3. The molecule has 1 aliphatic heterocycles. The molecule has 0 saturated carbocycles. The van der Waals surface area contributed by atoms with E-state index in [1.54, 1.807) is 6.20 Å². The van der Waals surface area contributed by atoms with E-state index in [-0.39, 0.29) is 17.8 Å². The van der Waals surface area contributed by atoms with Crippen LogP contribution in [0.25, 0.3) is 0 Å². The van der Waals surface area contributed by atoms with Crippen molar-refractivity contribution in [1.29, 1.82) is 0 Å². The lowest BCUT2D eigenvalue weighted by atomic mass is 10.2. The van der Waals surface area contributed by atoms with Crippen molar-refractivity contribution >= 4 is 17.7 Å². The van der Waals surface area contributed by atoms with Crippen molar-refractivity contribution in [2.24, 2.45) is 0 Å². The van der Waals surface area contributed by atoms with Gasteiger partial charge in [0.1, 0.15) is 0 Å². The molecule has 25 heavy (non-hydrogen) atoms. The third kappa shape index (κ3) is 5.27. The van der Waals surface area contributed by atoms with E-state index < -0.39 is 0 Å². The van der Waals surface area contributed by atoms with Gasteiger partial charge < -0.3 is 14.1 Å². The van der Waals surface area contributed by atoms with Gasteiger partial charge in [0.15, 0.2) is 0 Å². The van der Waals surface area contributed by atoms with Crippen molar-refractivity contribution in [2.45, 2.75) is 44.1 Å². The van der Waals surface area contributed by atoms with Gasteiger partial charge in [-0.1, -0.05) is 24.8 Å². The Morgan fingerprint density at radius 3 is 3.00 bits per heavy atom. The number of carbonyl (C=O) groups excluding carboxylic acids is 1. The fraction of sp³-hybridized carbons (Fsp3) is 0.529. The fourth-order valence-electron chi connectivity index (χ4n) is 2.63. The Balaban J connectivity index is 1.60. The van der Waals surface area contributed by atoms with Crippen molar-refractivity contribution in [2.75, 3.05) is 18.9 Å². The molecule has 0 N–H and O–H groups in total. The van der Waals surface area contributed by atoms with Crippen LogP contribution in [0.2, 0.25) is 0 Å². The molecule has 2 aromatic heterocycles. The van der Waals surface area contributed by atoms with Crippen molar-refractivity contribution in [3.8, 4) is 0 Å². The molecule has 8 heteroatoms. The van der Waals surface area contributed by atoms with Gasteiger partial charge in [0.05, 0.1) is 24.1 Å². The first kappa shape index (κ1) is 17.9. The molecule has 0 bridgehead atoms. The quantitative estimate of drug-likeness (QED) is 0.667. The zero-order valence-electron chi connectivity index (χ0n) is 14.3. The standard InChI is InChI=1S/C17H22N4O3S/c1-2-15-19-20-17(24-15)25-12-16(22)21(11-14-7-5-9-23-14)10-13-6-3-4-8-18-13/h3-4,6,8,14H,2,5,7,9-12H2,1H3/t14-/m0/s1. The van der Waals surface area contributed by atoms with Crippen molar-refractivity contribution < 1.29 is 13.9 Å². The zero-order chi connectivity index (χ0) is 17.5. The van der Waals surface area contributed by atoms with E-state index in [1.165, 1.54) is 11.8 Å². The number of hydrogen-bond acceptors (Lipinski definition) is 7. The Labute approximate surface area is 151 Å². The van der Waals surface area contributed by atoms with Crippen molar-refractivity contribution in [1.82, 2.24) is 20.1 Å². The van der Waals surface area contributed by atoms with E-state index in [0.29, 0.717) is 30.6 Å². The maximum absolute atomic E-state index is 12.7. The normalized spacial score (nSPS) is 16.9. The lowest BCUT2D eigenvalue weighted by Gasteiger charge is -2.25. The number of amides is 1. The highest BCUT2D eigenvalue weighted by molar-refractivity contribution is 7.99. The third-order valence-electron chi connectivity index (χ3n) is 3.95. The van der Waals surface area contributed by atoms with Gasteiger partial charge in [-0.05, 0) is 25.0 Å². The molecule has 7 nitrogen and oxygen atoms in total. The van der Waals surface area contributed by atoms with Crippen LogP contribution in [0.15, 0.2) is 34.0 Å². The van der Waals surface area contributed by atoms with Gasteiger partial charge in [0, 0.05) is 25.8 Å². The maximum Gasteiger partial charge on any atom is 0.277 e. The first-order chi connectivity index (χ1) is 12.2. The van der Waals surface area contributed by atoms with Gasteiger partial charge >= 0.3 is 0 Å². The molecular formula is C17H22N4O3S. The Bertz CT molecular complexity index is 674. The molecular weight excluding hydrogens is 340 g/mol. The van der Waals surface area contributed by atoms with Crippen LogP contribution in [0.5, 0.6) is 0 Å². The van der Waals surface area contributed by atoms with E-state index in [9.17, 15) is 4.79 Å². The second-order valence-electron chi connectivity index (χ2n) is 5.83. The number of hydrogen-bond donors (Lipinski definition) is 0. The summed E-state index contributed by atoms with van der Waals surface area (Å²) in [6.07, 6.45) is 4.57. The molecule has 1 aliphatic rings. The van der Waals surface area contributed by atoms with E-state index in [2.05, 4.69) is 15.2 Å². The minimum Gasteiger partial charge on any atom is -0.416 e. The zero-order valence-corrected chi connectivity index (χ0v) is 15.1. The third-order valence-corrected chi connectivity index (χ3v) is 4.75. The van der Waals surface area contributed by atoms with Crippen molar-refractivity contribution in [3.05, 3.63) is 36.0 Å². The van der Waals surface area contributed by atoms with E-state index in [1.807, 2.05) is 30.0 Å². The van der Waals surface area contributed by atoms with Gasteiger partial charge in [-0.2, -0.15) is 0 Å². The molecule has 134 valence electrons. The van der Waals surface area contributed by atoms with Crippen LogP contribution in [0.1, 0.15) is 31.4 Å². The molecule has 3 heterocycles. The lowest BCUT2D eigenvalue weighted by Crippen LogP contribution is -2.38. The van der Waals surface area contributed by atoms with Crippen LogP contribution < -0.4 is 0 Å². The summed E-state index contributed by atoms with van der Waals surface area (Å²) in [5.41, 5.74) is 0.866. The highest BCUT2D eigenvalue weighted by Gasteiger charge is 2.23. The molecule has 0 aromatic carbocycles. The predicted molar refractivity (Wildman–Crippen MR) is 93.0 cm³/mol. The molecule has 2 aromatic rings. The Morgan fingerprint density at radius 1 is 1.40 bits per heavy atom. The number of aryl methyl sites for hydroxylation is 1.